The molecule has 1 saturated carbocycles. The molecule has 0 bridgehead atoms. The summed E-state index contributed by atoms with van der Waals surface area (Å²) in [5, 5.41) is 0. The minimum absolute atomic E-state index is 0.103. The summed E-state index contributed by atoms with van der Waals surface area (Å²) in [4.78, 5) is 0. The lowest BCUT2D eigenvalue weighted by atomic mass is 9.96. The quantitative estimate of drug-likeness (QED) is 0.503. The van der Waals surface area contributed by atoms with Crippen LogP contribution < -0.4 is 0 Å². The van der Waals surface area contributed by atoms with E-state index in [1.54, 1.807) is 0 Å². The molecule has 78 valence electrons. The van der Waals surface area contributed by atoms with Gasteiger partial charge in [0.2, 0.25) is 0 Å². The van der Waals surface area contributed by atoms with Gasteiger partial charge in [-0.25, -0.2) is 8.78 Å². The Morgan fingerprint density at radius 2 is 1.92 bits per heavy atom. The van der Waals surface area contributed by atoms with Crippen molar-refractivity contribution < 1.29 is 27.0 Å². The van der Waals surface area contributed by atoms with Gasteiger partial charge in [-0.15, -0.1) is 0 Å². The average molecular weight is 202 g/mol. The number of halogens is 4. The van der Waals surface area contributed by atoms with Gasteiger partial charge in [-0.3, -0.25) is 4.74 Å². The molecule has 0 heterocycles. The Labute approximate surface area is 72.8 Å². The summed E-state index contributed by atoms with van der Waals surface area (Å²) >= 11 is 0. The van der Waals surface area contributed by atoms with E-state index >= 15 is 0 Å². The minimum atomic E-state index is -4.40. The molecule has 2 nitrogen and oxygen atoms in total. The van der Waals surface area contributed by atoms with Gasteiger partial charge in [0.15, 0.2) is 6.79 Å². The van der Waals surface area contributed by atoms with E-state index in [4.69, 9.17) is 4.74 Å². The lowest BCUT2D eigenvalue weighted by Gasteiger charge is -2.26. The smallest absolute Gasteiger partial charge is 0.352 e. The van der Waals surface area contributed by atoms with Gasteiger partial charge in [0.25, 0.3) is 0 Å². The Hall–Kier alpha value is -0.360. The first kappa shape index (κ1) is 10.7. The monoisotopic (exact) mass is 202 g/mol. The van der Waals surface area contributed by atoms with Gasteiger partial charge in [-0.2, -0.15) is 8.78 Å². The Bertz CT molecular complexity index is 159. The summed E-state index contributed by atoms with van der Waals surface area (Å²) in [6.45, 7) is -0.776. The fourth-order valence-corrected chi connectivity index (χ4v) is 0.809. The second-order valence-corrected chi connectivity index (χ2v) is 2.84. The molecule has 13 heavy (non-hydrogen) atoms. The van der Waals surface area contributed by atoms with Gasteiger partial charge >= 0.3 is 12.5 Å². The highest BCUT2D eigenvalue weighted by molar-refractivity contribution is 4.68. The normalized spacial score (nSPS) is 19.2. The van der Waals surface area contributed by atoms with Crippen molar-refractivity contribution in [1.82, 2.24) is 0 Å². The number of hydrogen-bond acceptors (Lipinski definition) is 2. The summed E-state index contributed by atoms with van der Waals surface area (Å²) in [6.07, 6.45) is -5.77. The predicted molar refractivity (Wildman–Crippen MR) is 35.6 cm³/mol. The van der Waals surface area contributed by atoms with E-state index in [9.17, 15) is 17.6 Å². The molecule has 0 aromatic carbocycles. The third-order valence-electron chi connectivity index (χ3n) is 1.86. The van der Waals surface area contributed by atoms with Crippen LogP contribution in [0.1, 0.15) is 19.3 Å². The molecule has 0 aliphatic heterocycles. The van der Waals surface area contributed by atoms with Crippen LogP contribution in [-0.4, -0.2) is 25.4 Å². The predicted octanol–water partition coefficient (Wildman–Crippen LogP) is 2.39. The van der Waals surface area contributed by atoms with Crippen molar-refractivity contribution in [2.75, 3.05) is 6.79 Å². The maximum Gasteiger partial charge on any atom is 0.418 e. The first-order chi connectivity index (χ1) is 6.02. The van der Waals surface area contributed by atoms with Crippen LogP contribution in [-0.2, 0) is 9.47 Å². The highest BCUT2D eigenvalue weighted by Gasteiger charge is 2.42. The van der Waals surface area contributed by atoms with Crippen molar-refractivity contribution in [3.05, 3.63) is 0 Å². The maximum absolute atomic E-state index is 12.1. The van der Waals surface area contributed by atoms with Crippen molar-refractivity contribution in [3.8, 4) is 0 Å². The molecule has 0 radical (unpaired) electrons. The van der Waals surface area contributed by atoms with Crippen LogP contribution in [0, 0.1) is 0 Å². The molecule has 0 unspecified atom stereocenters. The highest BCUT2D eigenvalue weighted by Crippen LogP contribution is 2.26. The van der Waals surface area contributed by atoms with Gasteiger partial charge in [-0.1, -0.05) is 0 Å². The number of ether oxygens (including phenoxy) is 2. The van der Waals surface area contributed by atoms with Crippen LogP contribution in [0.15, 0.2) is 0 Å². The zero-order valence-electron chi connectivity index (χ0n) is 6.81. The van der Waals surface area contributed by atoms with E-state index in [1.807, 2.05) is 0 Å². The summed E-state index contributed by atoms with van der Waals surface area (Å²) < 4.78 is 55.5. The van der Waals surface area contributed by atoms with Crippen LogP contribution >= 0.6 is 0 Å². The third kappa shape index (κ3) is 3.11. The van der Waals surface area contributed by atoms with Gasteiger partial charge in [0.05, 0.1) is 6.10 Å². The fraction of sp³-hybridized carbons (Fsp3) is 1.00. The third-order valence-corrected chi connectivity index (χ3v) is 1.86. The standard InChI is InChI=1S/C7H10F4O2/c8-6(9)7(10,11)13-4-12-5-2-1-3-5/h5-6H,1-4H2. The fourth-order valence-electron chi connectivity index (χ4n) is 0.809. The van der Waals surface area contributed by atoms with Gasteiger partial charge in [0.1, 0.15) is 0 Å². The van der Waals surface area contributed by atoms with Crippen LogP contribution in [0.2, 0.25) is 0 Å². The average Bonchev–Trinajstić information content (AvgIpc) is 1.94. The van der Waals surface area contributed by atoms with Crippen molar-refractivity contribution in [3.63, 3.8) is 0 Å². The number of alkyl halides is 4. The summed E-state index contributed by atoms with van der Waals surface area (Å²) in [5.41, 5.74) is 0. The largest absolute Gasteiger partial charge is 0.418 e. The lowest BCUT2D eigenvalue weighted by molar-refractivity contribution is -0.332. The van der Waals surface area contributed by atoms with E-state index in [2.05, 4.69) is 4.74 Å². The molecule has 0 atom stereocenters. The van der Waals surface area contributed by atoms with Crippen LogP contribution in [0.3, 0.4) is 0 Å². The van der Waals surface area contributed by atoms with Crippen LogP contribution in [0.5, 0.6) is 0 Å². The molecule has 1 fully saturated rings. The first-order valence-corrected chi connectivity index (χ1v) is 3.94. The SMILES string of the molecule is FC(F)C(F)(F)OCOC1CCC1. The molecule has 1 aliphatic rings. The van der Waals surface area contributed by atoms with Crippen molar-refractivity contribution >= 4 is 0 Å². The Morgan fingerprint density at radius 1 is 1.31 bits per heavy atom. The van der Waals surface area contributed by atoms with Crippen molar-refractivity contribution in [1.29, 1.82) is 0 Å². The molecule has 0 N–H and O–H groups in total. The Morgan fingerprint density at radius 3 is 2.31 bits per heavy atom. The molecular weight excluding hydrogens is 192 g/mol. The molecule has 0 saturated heterocycles. The molecule has 1 aliphatic carbocycles. The van der Waals surface area contributed by atoms with E-state index in [0.717, 1.165) is 19.3 Å². The minimum Gasteiger partial charge on any atom is -0.352 e. The summed E-state index contributed by atoms with van der Waals surface area (Å²) in [7, 11) is 0. The summed E-state index contributed by atoms with van der Waals surface area (Å²) in [5.74, 6) is 0. The Kier molecular flexibility index (Phi) is 3.49. The second-order valence-electron chi connectivity index (χ2n) is 2.84. The van der Waals surface area contributed by atoms with E-state index < -0.39 is 19.3 Å². The van der Waals surface area contributed by atoms with Crippen LogP contribution in [0.4, 0.5) is 17.6 Å². The number of hydrogen-bond donors (Lipinski definition) is 0. The lowest BCUT2D eigenvalue weighted by Crippen LogP contribution is -2.33. The zero-order valence-corrected chi connectivity index (χ0v) is 6.81. The Balaban J connectivity index is 2.09. The van der Waals surface area contributed by atoms with E-state index in [-0.39, 0.29) is 6.10 Å². The number of rotatable bonds is 5. The zero-order chi connectivity index (χ0) is 9.90. The summed E-state index contributed by atoms with van der Waals surface area (Å²) in [6, 6.07) is 0. The molecular formula is C7H10F4O2. The topological polar surface area (TPSA) is 18.5 Å². The van der Waals surface area contributed by atoms with E-state index in [0.29, 0.717) is 0 Å². The highest BCUT2D eigenvalue weighted by atomic mass is 19.3. The van der Waals surface area contributed by atoms with Crippen molar-refractivity contribution in [2.45, 2.75) is 37.9 Å². The van der Waals surface area contributed by atoms with Crippen LogP contribution in [0.25, 0.3) is 0 Å². The molecule has 1 rings (SSSR count). The molecule has 0 aromatic rings. The van der Waals surface area contributed by atoms with Gasteiger partial charge in [0, 0.05) is 0 Å². The molecule has 0 spiro atoms. The molecule has 0 amide bonds. The first-order valence-electron chi connectivity index (χ1n) is 3.94. The van der Waals surface area contributed by atoms with Crippen molar-refractivity contribution in [2.24, 2.45) is 0 Å². The van der Waals surface area contributed by atoms with Gasteiger partial charge in [-0.05, 0) is 19.3 Å². The van der Waals surface area contributed by atoms with E-state index in [1.165, 1.54) is 0 Å². The second kappa shape index (κ2) is 4.23. The van der Waals surface area contributed by atoms with Gasteiger partial charge < -0.3 is 4.74 Å². The molecule has 6 heteroatoms. The maximum atomic E-state index is 12.1. The molecule has 0 aromatic heterocycles.